The van der Waals surface area contributed by atoms with Crippen LogP contribution in [-0.4, -0.2) is 31.0 Å². The number of nitro groups is 1. The van der Waals surface area contributed by atoms with Crippen LogP contribution in [0, 0.1) is 10.1 Å². The lowest BCUT2D eigenvalue weighted by molar-refractivity contribution is -0.384. The summed E-state index contributed by atoms with van der Waals surface area (Å²) < 4.78 is 1.49. The van der Waals surface area contributed by atoms with Crippen molar-refractivity contribution in [3.8, 4) is 0 Å². The minimum atomic E-state index is -0.490. The molecule has 2 rings (SSSR count). The molecular weight excluding hydrogens is 288 g/mol. The van der Waals surface area contributed by atoms with Crippen LogP contribution in [0.2, 0.25) is 0 Å². The van der Waals surface area contributed by atoms with Crippen molar-refractivity contribution in [1.82, 2.24) is 20.2 Å². The largest absolute Gasteiger partial charge is 0.290 e. The molecule has 0 fully saturated rings. The molecule has 0 atom stereocenters. The van der Waals surface area contributed by atoms with Gasteiger partial charge in [-0.3, -0.25) is 20.2 Å². The van der Waals surface area contributed by atoms with E-state index < -0.39 is 10.8 Å². The number of amides is 1. The predicted molar refractivity (Wildman–Crippen MR) is 78.9 cm³/mol. The van der Waals surface area contributed by atoms with Gasteiger partial charge in [0, 0.05) is 24.8 Å². The molecule has 9 nitrogen and oxygen atoms in total. The Bertz CT molecular complexity index is 709. The zero-order valence-corrected chi connectivity index (χ0v) is 11.8. The van der Waals surface area contributed by atoms with Gasteiger partial charge in [0.15, 0.2) is 0 Å². The lowest BCUT2D eigenvalue weighted by Crippen LogP contribution is -2.14. The molecule has 2 aromatic rings. The van der Waals surface area contributed by atoms with Crippen LogP contribution in [0.1, 0.15) is 18.9 Å². The summed E-state index contributed by atoms with van der Waals surface area (Å²) in [6.07, 6.45) is 3.58. The highest BCUT2D eigenvalue weighted by Gasteiger charge is 2.08. The molecule has 0 saturated heterocycles. The molecule has 1 N–H and O–H groups in total. The molecule has 9 heteroatoms. The zero-order chi connectivity index (χ0) is 15.9. The number of aryl methyl sites for hydroxylation is 1. The van der Waals surface area contributed by atoms with Gasteiger partial charge in [0.2, 0.25) is 5.95 Å². The number of nitrogens with one attached hydrogen (secondary N) is 1. The maximum atomic E-state index is 11.8. The Morgan fingerprint density at radius 1 is 1.50 bits per heavy atom. The van der Waals surface area contributed by atoms with Gasteiger partial charge in [-0.2, -0.15) is 0 Å². The number of anilines is 1. The highest BCUT2D eigenvalue weighted by Crippen LogP contribution is 2.14. The van der Waals surface area contributed by atoms with Crippen molar-refractivity contribution in [3.05, 3.63) is 46.0 Å². The number of hydrogen-bond donors (Lipinski definition) is 1. The molecule has 0 saturated carbocycles. The van der Waals surface area contributed by atoms with Crippen LogP contribution in [0.5, 0.6) is 0 Å². The molecule has 0 aliphatic rings. The molecule has 1 aromatic heterocycles. The molecule has 1 heterocycles. The van der Waals surface area contributed by atoms with Gasteiger partial charge in [0.05, 0.1) is 4.92 Å². The van der Waals surface area contributed by atoms with Crippen molar-refractivity contribution in [3.63, 3.8) is 0 Å². The quantitative estimate of drug-likeness (QED) is 0.492. The first kappa shape index (κ1) is 15.3. The average molecular weight is 302 g/mol. The minimum absolute atomic E-state index is 0.0329. The van der Waals surface area contributed by atoms with Crippen molar-refractivity contribution in [2.45, 2.75) is 19.9 Å². The van der Waals surface area contributed by atoms with Gasteiger partial charge in [-0.1, -0.05) is 24.2 Å². The van der Waals surface area contributed by atoms with E-state index in [0.29, 0.717) is 12.1 Å². The number of hydrogen-bond acceptors (Lipinski definition) is 6. The summed E-state index contributed by atoms with van der Waals surface area (Å²) in [5, 5.41) is 24.2. The number of benzene rings is 1. The number of aromatic nitrogens is 4. The Hall–Kier alpha value is -3.10. The fraction of sp³-hybridized carbons (Fsp3) is 0.231. The number of carbonyl (C=O) groups is 1. The minimum Gasteiger partial charge on any atom is -0.290 e. The third kappa shape index (κ3) is 3.95. The van der Waals surface area contributed by atoms with Gasteiger partial charge < -0.3 is 0 Å². The van der Waals surface area contributed by atoms with Crippen LogP contribution < -0.4 is 5.32 Å². The second-order valence-electron chi connectivity index (χ2n) is 4.40. The summed E-state index contributed by atoms with van der Waals surface area (Å²) in [6.45, 7) is 2.56. The summed E-state index contributed by atoms with van der Waals surface area (Å²) in [4.78, 5) is 22.0. The lowest BCUT2D eigenvalue weighted by Gasteiger charge is -2.02. The van der Waals surface area contributed by atoms with Crippen LogP contribution in [0.15, 0.2) is 30.3 Å². The highest BCUT2D eigenvalue weighted by atomic mass is 16.6. The standard InChI is InChI=1S/C13H14N6O3/c1-2-8-18-13(15-16-17-18)14-12(20)7-6-10-4-3-5-11(9-10)19(21)22/h3-7,9H,2,8H2,1H3,(H,14,15,17,20). The van der Waals surface area contributed by atoms with Gasteiger partial charge >= 0.3 is 0 Å². The van der Waals surface area contributed by atoms with E-state index >= 15 is 0 Å². The molecule has 114 valence electrons. The van der Waals surface area contributed by atoms with Crippen molar-refractivity contribution in [2.75, 3.05) is 5.32 Å². The van der Waals surface area contributed by atoms with Crippen molar-refractivity contribution in [1.29, 1.82) is 0 Å². The zero-order valence-electron chi connectivity index (χ0n) is 11.8. The number of carbonyl (C=O) groups excluding carboxylic acids is 1. The topological polar surface area (TPSA) is 116 Å². The Morgan fingerprint density at radius 2 is 2.32 bits per heavy atom. The van der Waals surface area contributed by atoms with Crippen LogP contribution in [0.4, 0.5) is 11.6 Å². The van der Waals surface area contributed by atoms with E-state index in [1.54, 1.807) is 12.1 Å². The molecule has 0 bridgehead atoms. The lowest BCUT2D eigenvalue weighted by atomic mass is 10.2. The van der Waals surface area contributed by atoms with Gasteiger partial charge in [0.1, 0.15) is 0 Å². The van der Waals surface area contributed by atoms with Gasteiger partial charge in [-0.15, -0.1) is 0 Å². The number of non-ortho nitro benzene ring substituents is 1. The van der Waals surface area contributed by atoms with Gasteiger partial charge in [0.25, 0.3) is 11.6 Å². The first-order valence-electron chi connectivity index (χ1n) is 6.60. The molecular formula is C13H14N6O3. The SMILES string of the molecule is CCCn1nnnc1NC(=O)C=Cc1cccc([N+](=O)[O-])c1. The second kappa shape index (κ2) is 7.07. The fourth-order valence-electron chi connectivity index (χ4n) is 1.72. The average Bonchev–Trinajstić information content (AvgIpc) is 2.93. The fourth-order valence-corrected chi connectivity index (χ4v) is 1.72. The normalized spacial score (nSPS) is 10.8. The number of tetrazole rings is 1. The summed E-state index contributed by atoms with van der Waals surface area (Å²) in [5.41, 5.74) is 0.520. The van der Waals surface area contributed by atoms with E-state index in [2.05, 4.69) is 20.8 Å². The van der Waals surface area contributed by atoms with E-state index in [4.69, 9.17) is 0 Å². The Labute approximate surface area is 125 Å². The van der Waals surface area contributed by atoms with Gasteiger partial charge in [-0.05, 0) is 28.5 Å². The second-order valence-corrected chi connectivity index (χ2v) is 4.40. The third-order valence-electron chi connectivity index (χ3n) is 2.71. The summed E-state index contributed by atoms with van der Waals surface area (Å²) >= 11 is 0. The first-order valence-corrected chi connectivity index (χ1v) is 6.60. The predicted octanol–water partition coefficient (Wildman–Crippen LogP) is 1.64. The molecule has 0 aliphatic carbocycles. The van der Waals surface area contributed by atoms with E-state index in [1.165, 1.54) is 29.0 Å². The van der Waals surface area contributed by atoms with E-state index in [-0.39, 0.29) is 11.6 Å². The Morgan fingerprint density at radius 3 is 3.05 bits per heavy atom. The Balaban J connectivity index is 2.03. The number of nitro benzene ring substituents is 1. The summed E-state index contributed by atoms with van der Waals surface area (Å²) in [6, 6.07) is 5.98. The third-order valence-corrected chi connectivity index (χ3v) is 2.71. The van der Waals surface area contributed by atoms with Crippen molar-refractivity contribution >= 4 is 23.6 Å². The molecule has 1 amide bonds. The summed E-state index contributed by atoms with van der Waals surface area (Å²) in [7, 11) is 0. The molecule has 0 unspecified atom stereocenters. The van der Waals surface area contributed by atoms with Crippen LogP contribution in [0.3, 0.4) is 0 Å². The molecule has 1 aromatic carbocycles. The monoisotopic (exact) mass is 302 g/mol. The van der Waals surface area contributed by atoms with E-state index in [1.807, 2.05) is 6.92 Å². The van der Waals surface area contributed by atoms with E-state index in [9.17, 15) is 14.9 Å². The number of nitrogens with zero attached hydrogens (tertiary/aromatic N) is 5. The highest BCUT2D eigenvalue weighted by molar-refractivity contribution is 6.00. The van der Waals surface area contributed by atoms with Crippen LogP contribution >= 0.6 is 0 Å². The smallest absolute Gasteiger partial charge is 0.270 e. The maximum absolute atomic E-state index is 11.8. The number of rotatable bonds is 6. The summed E-state index contributed by atoms with van der Waals surface area (Å²) in [5.74, 6) is -0.158. The Kier molecular flexibility index (Phi) is 4.91. The molecule has 0 aliphatic heterocycles. The maximum Gasteiger partial charge on any atom is 0.270 e. The van der Waals surface area contributed by atoms with Crippen molar-refractivity contribution < 1.29 is 9.72 Å². The molecule has 0 radical (unpaired) electrons. The first-order chi connectivity index (χ1) is 10.6. The molecule has 22 heavy (non-hydrogen) atoms. The van der Waals surface area contributed by atoms with Crippen molar-refractivity contribution in [2.24, 2.45) is 0 Å². The van der Waals surface area contributed by atoms with Crippen LogP contribution in [-0.2, 0) is 11.3 Å². The van der Waals surface area contributed by atoms with Crippen LogP contribution in [0.25, 0.3) is 6.08 Å². The van der Waals surface area contributed by atoms with E-state index in [0.717, 1.165) is 6.42 Å². The van der Waals surface area contributed by atoms with Gasteiger partial charge in [-0.25, -0.2) is 4.68 Å². The molecule has 0 spiro atoms.